The minimum Gasteiger partial charge on any atom is -0.352 e. The smallest absolute Gasteiger partial charge is 0.320 e. The van der Waals surface area contributed by atoms with Crippen molar-refractivity contribution in [2.45, 2.75) is 31.7 Å². The van der Waals surface area contributed by atoms with Crippen LogP contribution in [0.1, 0.15) is 47.6 Å². The maximum absolute atomic E-state index is 14.0. The lowest BCUT2D eigenvalue weighted by molar-refractivity contribution is -0.129. The van der Waals surface area contributed by atoms with Crippen molar-refractivity contribution in [2.24, 2.45) is 0 Å². The fraction of sp³-hybridized carbons (Fsp3) is 0.214. The van der Waals surface area contributed by atoms with E-state index in [2.05, 4.69) is 21.3 Å². The molecule has 0 fully saturated rings. The number of benzene rings is 3. The Labute approximate surface area is 225 Å². The van der Waals surface area contributed by atoms with Gasteiger partial charge >= 0.3 is 6.03 Å². The number of rotatable bonds is 12. The van der Waals surface area contributed by atoms with Crippen LogP contribution in [0.3, 0.4) is 0 Å². The van der Waals surface area contributed by atoms with Crippen LogP contribution >= 0.6 is 0 Å². The Morgan fingerprint density at radius 3 is 2.18 bits per heavy atom. The summed E-state index contributed by atoms with van der Waals surface area (Å²) in [5, 5.41) is 19.0. The largest absolute Gasteiger partial charge is 0.352 e. The van der Waals surface area contributed by atoms with Gasteiger partial charge in [-0.25, -0.2) is 14.7 Å². The zero-order valence-corrected chi connectivity index (χ0v) is 21.1. The van der Waals surface area contributed by atoms with E-state index in [9.17, 15) is 23.6 Å². The number of urea groups is 1. The van der Waals surface area contributed by atoms with E-state index < -0.39 is 29.7 Å². The lowest BCUT2D eigenvalue weighted by Gasteiger charge is -2.19. The highest BCUT2D eigenvalue weighted by atomic mass is 19.1. The molecule has 0 spiro atoms. The van der Waals surface area contributed by atoms with Crippen LogP contribution in [-0.4, -0.2) is 35.5 Å². The lowest BCUT2D eigenvalue weighted by atomic mass is 10.1. The fourth-order valence-electron chi connectivity index (χ4n) is 3.66. The molecular weight excluding hydrogens is 505 g/mol. The molecule has 3 aromatic carbocycles. The summed E-state index contributed by atoms with van der Waals surface area (Å²) in [6.07, 6.45) is 2.21. The van der Waals surface area contributed by atoms with Crippen LogP contribution in [0.15, 0.2) is 78.9 Å². The number of carbonyl (C=O) groups excluding carboxylic acids is 4. The summed E-state index contributed by atoms with van der Waals surface area (Å²) in [6, 6.07) is 18.7. The Hall–Kier alpha value is -4.77. The molecule has 0 saturated carbocycles. The highest BCUT2D eigenvalue weighted by Crippen LogP contribution is 2.19. The highest BCUT2D eigenvalue weighted by Gasteiger charge is 2.23. The van der Waals surface area contributed by atoms with Gasteiger partial charge in [-0.2, -0.15) is 0 Å². The first kappa shape index (κ1) is 28.8. The molecular formula is C28H30FN5O5. The maximum Gasteiger partial charge on any atom is 0.320 e. The van der Waals surface area contributed by atoms with Gasteiger partial charge in [-0.3, -0.25) is 19.6 Å². The van der Waals surface area contributed by atoms with E-state index >= 15 is 0 Å². The number of halogens is 1. The Kier molecular flexibility index (Phi) is 11.0. The van der Waals surface area contributed by atoms with Crippen molar-refractivity contribution >= 4 is 35.1 Å². The number of carbonyl (C=O) groups is 4. The van der Waals surface area contributed by atoms with E-state index in [4.69, 9.17) is 5.21 Å². The molecule has 3 rings (SSSR count). The van der Waals surface area contributed by atoms with Gasteiger partial charge in [0.15, 0.2) is 0 Å². The Balaban J connectivity index is 1.54. The number of anilines is 2. The zero-order valence-electron chi connectivity index (χ0n) is 21.1. The molecule has 1 atom stereocenters. The molecule has 39 heavy (non-hydrogen) atoms. The van der Waals surface area contributed by atoms with Crippen LogP contribution in [0.5, 0.6) is 0 Å². The molecule has 0 saturated heterocycles. The first-order valence-corrected chi connectivity index (χ1v) is 12.4. The minimum atomic E-state index is -1.10. The second-order valence-electron chi connectivity index (χ2n) is 8.59. The van der Waals surface area contributed by atoms with Gasteiger partial charge in [-0.1, -0.05) is 48.9 Å². The second kappa shape index (κ2) is 14.8. The van der Waals surface area contributed by atoms with Crippen molar-refractivity contribution in [3.63, 3.8) is 0 Å². The van der Waals surface area contributed by atoms with E-state index in [0.29, 0.717) is 42.6 Å². The molecule has 0 heterocycles. The van der Waals surface area contributed by atoms with Gasteiger partial charge in [-0.15, -0.1) is 0 Å². The zero-order chi connectivity index (χ0) is 28.0. The van der Waals surface area contributed by atoms with Gasteiger partial charge in [0.25, 0.3) is 11.8 Å². The van der Waals surface area contributed by atoms with Gasteiger partial charge in [0.05, 0.1) is 5.69 Å². The summed E-state index contributed by atoms with van der Waals surface area (Å²) in [7, 11) is 0. The third kappa shape index (κ3) is 9.24. The monoisotopic (exact) mass is 535 g/mol. The van der Waals surface area contributed by atoms with Gasteiger partial charge in [-0.05, 0) is 54.8 Å². The summed E-state index contributed by atoms with van der Waals surface area (Å²) in [5.74, 6) is -1.95. The summed E-state index contributed by atoms with van der Waals surface area (Å²) in [5.41, 5.74) is 2.87. The van der Waals surface area contributed by atoms with E-state index in [1.165, 1.54) is 18.2 Å². The van der Waals surface area contributed by atoms with Gasteiger partial charge in [0.1, 0.15) is 11.9 Å². The average molecular weight is 536 g/mol. The Morgan fingerprint density at radius 2 is 1.49 bits per heavy atom. The molecule has 0 aliphatic carbocycles. The van der Waals surface area contributed by atoms with Crippen molar-refractivity contribution in [2.75, 3.05) is 17.2 Å². The molecule has 10 nitrogen and oxygen atoms in total. The van der Waals surface area contributed by atoms with Gasteiger partial charge in [0.2, 0.25) is 5.91 Å². The van der Waals surface area contributed by atoms with Gasteiger partial charge < -0.3 is 21.3 Å². The molecule has 6 N–H and O–H groups in total. The minimum absolute atomic E-state index is 0.00592. The van der Waals surface area contributed by atoms with Crippen molar-refractivity contribution in [1.29, 1.82) is 0 Å². The number of para-hydroxylation sites is 1. The number of unbranched alkanes of at least 4 members (excludes halogenated alkanes) is 2. The van der Waals surface area contributed by atoms with E-state index in [1.54, 1.807) is 66.1 Å². The van der Waals surface area contributed by atoms with Crippen LogP contribution in [0.25, 0.3) is 0 Å². The Morgan fingerprint density at radius 1 is 0.795 bits per heavy atom. The average Bonchev–Trinajstić information content (AvgIpc) is 2.95. The predicted octanol–water partition coefficient (Wildman–Crippen LogP) is 4.12. The topological polar surface area (TPSA) is 149 Å². The van der Waals surface area contributed by atoms with Crippen LogP contribution in [-0.2, 0) is 9.59 Å². The first-order valence-electron chi connectivity index (χ1n) is 12.4. The van der Waals surface area contributed by atoms with E-state index in [0.717, 1.165) is 0 Å². The third-order valence-corrected chi connectivity index (χ3v) is 5.70. The number of amides is 5. The molecule has 0 aliphatic rings. The van der Waals surface area contributed by atoms with E-state index in [-0.39, 0.29) is 18.0 Å². The predicted molar refractivity (Wildman–Crippen MR) is 144 cm³/mol. The van der Waals surface area contributed by atoms with Crippen LogP contribution in [0.2, 0.25) is 0 Å². The third-order valence-electron chi connectivity index (χ3n) is 5.70. The summed E-state index contributed by atoms with van der Waals surface area (Å²) in [4.78, 5) is 49.0. The molecule has 11 heteroatoms. The van der Waals surface area contributed by atoms with Crippen molar-refractivity contribution < 1.29 is 28.8 Å². The van der Waals surface area contributed by atoms with Crippen molar-refractivity contribution in [1.82, 2.24) is 16.1 Å². The molecule has 204 valence electrons. The molecule has 0 aliphatic heterocycles. The van der Waals surface area contributed by atoms with Crippen LogP contribution in [0, 0.1) is 5.82 Å². The number of hydrogen-bond acceptors (Lipinski definition) is 5. The van der Waals surface area contributed by atoms with E-state index in [1.807, 2.05) is 0 Å². The summed E-state index contributed by atoms with van der Waals surface area (Å²) < 4.78 is 14.0. The van der Waals surface area contributed by atoms with Crippen molar-refractivity contribution in [3.8, 4) is 0 Å². The number of hydroxylamine groups is 1. The van der Waals surface area contributed by atoms with Crippen LogP contribution < -0.4 is 26.7 Å². The van der Waals surface area contributed by atoms with Crippen molar-refractivity contribution in [3.05, 3.63) is 95.8 Å². The van der Waals surface area contributed by atoms with Gasteiger partial charge in [0, 0.05) is 24.2 Å². The van der Waals surface area contributed by atoms with Crippen LogP contribution in [0.4, 0.5) is 20.6 Å². The number of nitrogens with one attached hydrogen (secondary N) is 5. The second-order valence-corrected chi connectivity index (χ2v) is 8.59. The normalized spacial score (nSPS) is 11.1. The lowest BCUT2D eigenvalue weighted by Crippen LogP contribution is -2.39. The quantitative estimate of drug-likeness (QED) is 0.117. The molecule has 0 radical (unpaired) electrons. The Bertz CT molecular complexity index is 1270. The molecule has 0 unspecified atom stereocenters. The summed E-state index contributed by atoms with van der Waals surface area (Å²) >= 11 is 0. The standard InChI is InChI=1S/C28H30FN5O5/c29-22-11-6-7-12-23(22)32-27(37)25(19-9-3-1-4-10-19)33-28(38)31-21-16-14-20(15-17-21)26(36)30-18-8-2-5-13-24(35)34-39/h1,3-4,6-7,9-12,14-17,25,39H,2,5,8,13,18H2,(H,30,36)(H,32,37)(H,34,35)(H2,31,33,38)/t25-/m0/s1. The summed E-state index contributed by atoms with van der Waals surface area (Å²) in [6.45, 7) is 0.428. The first-order chi connectivity index (χ1) is 18.9. The fourth-order valence-corrected chi connectivity index (χ4v) is 3.66. The number of hydrogen-bond donors (Lipinski definition) is 6. The SMILES string of the molecule is O=C(CCCCCNC(=O)c1ccc(NC(=O)N[C@H](C(=O)Nc2ccccc2F)c2ccccc2)cc1)NO. The highest BCUT2D eigenvalue weighted by molar-refractivity contribution is 6.00. The molecule has 3 aromatic rings. The molecule has 5 amide bonds. The molecule has 0 aromatic heterocycles. The molecule has 0 bridgehead atoms. The maximum atomic E-state index is 14.0.